The van der Waals surface area contributed by atoms with Crippen molar-refractivity contribution in [2.24, 2.45) is 0 Å². The number of rotatable bonds is 10. The summed E-state index contributed by atoms with van der Waals surface area (Å²) in [5, 5.41) is 10.5. The van der Waals surface area contributed by atoms with E-state index in [1.165, 1.54) is 22.3 Å². The summed E-state index contributed by atoms with van der Waals surface area (Å²) in [5.41, 5.74) is 7.29. The predicted octanol–water partition coefficient (Wildman–Crippen LogP) is 6.76. The van der Waals surface area contributed by atoms with Gasteiger partial charge in [-0.15, -0.1) is 0 Å². The number of hydrogen-bond acceptors (Lipinski definition) is 8. The molecule has 46 heavy (non-hydrogen) atoms. The summed E-state index contributed by atoms with van der Waals surface area (Å²) >= 11 is 0. The second kappa shape index (κ2) is 13.5. The van der Waals surface area contributed by atoms with E-state index in [-0.39, 0.29) is 17.8 Å². The van der Waals surface area contributed by atoms with Gasteiger partial charge in [-0.3, -0.25) is 9.80 Å². The van der Waals surface area contributed by atoms with Crippen LogP contribution in [0.25, 0.3) is 0 Å². The molecule has 2 heterocycles. The molecule has 0 saturated heterocycles. The van der Waals surface area contributed by atoms with Crippen molar-refractivity contribution < 1.29 is 28.8 Å². The number of fused-ring (bicyclic) bond motifs is 2. The monoisotopic (exact) mass is 624 g/mol. The Morgan fingerprint density at radius 3 is 1.72 bits per heavy atom. The number of methoxy groups -OCH3 is 4. The predicted molar refractivity (Wildman–Crippen MR) is 179 cm³/mol. The molecule has 2 aliphatic heterocycles. The van der Waals surface area contributed by atoms with Gasteiger partial charge in [0.25, 0.3) is 0 Å². The van der Waals surface area contributed by atoms with Crippen LogP contribution >= 0.6 is 0 Å². The van der Waals surface area contributed by atoms with E-state index in [4.69, 9.17) is 23.7 Å². The maximum atomic E-state index is 10.5. The zero-order valence-corrected chi connectivity index (χ0v) is 27.6. The van der Waals surface area contributed by atoms with Gasteiger partial charge in [0.1, 0.15) is 5.75 Å². The Morgan fingerprint density at radius 2 is 1.11 bits per heavy atom. The number of likely N-dealkylation sites (N-methyl/N-ethyl adjacent to an activating group) is 2. The van der Waals surface area contributed by atoms with E-state index in [1.807, 2.05) is 30.3 Å². The van der Waals surface area contributed by atoms with Crippen molar-refractivity contribution in [1.82, 2.24) is 9.80 Å². The van der Waals surface area contributed by atoms with Crippen LogP contribution in [0.15, 0.2) is 66.7 Å². The van der Waals surface area contributed by atoms with Crippen LogP contribution in [-0.2, 0) is 25.7 Å². The summed E-state index contributed by atoms with van der Waals surface area (Å²) in [4.78, 5) is 4.75. The summed E-state index contributed by atoms with van der Waals surface area (Å²) in [6, 6.07) is 22.9. The zero-order valence-electron chi connectivity index (χ0n) is 27.6. The molecule has 0 bridgehead atoms. The average molecular weight is 625 g/mol. The Bertz CT molecular complexity index is 1690. The molecule has 242 valence electrons. The van der Waals surface area contributed by atoms with Gasteiger partial charge in [-0.05, 0) is 122 Å². The molecule has 6 rings (SSSR count). The molecule has 4 aromatic rings. The fourth-order valence-electron chi connectivity index (χ4n) is 6.89. The molecule has 0 aliphatic carbocycles. The van der Waals surface area contributed by atoms with Gasteiger partial charge in [-0.1, -0.05) is 18.2 Å². The smallest absolute Gasteiger partial charge is 0.169 e. The first-order chi connectivity index (χ1) is 22.3. The van der Waals surface area contributed by atoms with Crippen molar-refractivity contribution in [1.29, 1.82) is 0 Å². The Labute approximate surface area is 272 Å². The zero-order chi connectivity index (χ0) is 32.4. The Morgan fingerprint density at radius 1 is 0.587 bits per heavy atom. The highest BCUT2D eigenvalue weighted by atomic mass is 16.5. The molecule has 0 radical (unpaired) electrons. The molecule has 8 nitrogen and oxygen atoms in total. The second-order valence-corrected chi connectivity index (χ2v) is 12.3. The molecule has 0 amide bonds. The highest BCUT2D eigenvalue weighted by Crippen LogP contribution is 2.41. The first-order valence-corrected chi connectivity index (χ1v) is 15.8. The molecule has 2 atom stereocenters. The van der Waals surface area contributed by atoms with Crippen LogP contribution in [0.4, 0.5) is 0 Å². The molecule has 0 unspecified atom stereocenters. The van der Waals surface area contributed by atoms with Crippen molar-refractivity contribution >= 4 is 0 Å². The number of benzene rings is 4. The number of phenolic OH excluding ortho intramolecular Hbond substituents is 1. The highest BCUT2D eigenvalue weighted by Gasteiger charge is 2.28. The van der Waals surface area contributed by atoms with Crippen molar-refractivity contribution in [2.75, 3.05) is 55.6 Å². The van der Waals surface area contributed by atoms with Crippen molar-refractivity contribution in [3.05, 3.63) is 100 Å². The van der Waals surface area contributed by atoms with Gasteiger partial charge in [-0.25, -0.2) is 0 Å². The van der Waals surface area contributed by atoms with Crippen LogP contribution in [0.2, 0.25) is 0 Å². The third-order valence-electron chi connectivity index (χ3n) is 9.57. The lowest BCUT2D eigenvalue weighted by atomic mass is 9.88. The average Bonchev–Trinajstić information content (AvgIpc) is 3.07. The molecule has 0 saturated carbocycles. The van der Waals surface area contributed by atoms with E-state index in [0.29, 0.717) is 17.2 Å². The fourth-order valence-corrected chi connectivity index (χ4v) is 6.89. The van der Waals surface area contributed by atoms with Gasteiger partial charge in [0.2, 0.25) is 0 Å². The minimum absolute atomic E-state index is 0.160. The van der Waals surface area contributed by atoms with E-state index < -0.39 is 0 Å². The largest absolute Gasteiger partial charge is 0.504 e. The van der Waals surface area contributed by atoms with Crippen LogP contribution < -0.4 is 23.7 Å². The first-order valence-electron chi connectivity index (χ1n) is 15.8. The minimum Gasteiger partial charge on any atom is -0.504 e. The standard InChI is InChI=1S/C38H44N2O6/c1-39-15-13-26-20-35(43-4)33(41)22-29(26)31(39)17-24-7-10-28(11-8-24)46-38-19-25(9-12-34(38)42-3)18-32-30-23-37(45-6)36(44-5)21-27(30)14-16-40(32)2/h7-12,19-23,31-32,41H,13-18H2,1-6H3/t31-,32-/m1/s1. The highest BCUT2D eigenvalue weighted by molar-refractivity contribution is 5.52. The summed E-state index contributed by atoms with van der Waals surface area (Å²) in [7, 11) is 10.9. The number of phenols is 1. The van der Waals surface area contributed by atoms with E-state index in [0.717, 1.165) is 67.1 Å². The third-order valence-corrected chi connectivity index (χ3v) is 9.57. The van der Waals surface area contributed by atoms with Gasteiger partial charge >= 0.3 is 0 Å². The number of aromatic hydroxyl groups is 1. The minimum atomic E-state index is 0.160. The van der Waals surface area contributed by atoms with Crippen LogP contribution in [0.3, 0.4) is 0 Å². The van der Waals surface area contributed by atoms with Crippen LogP contribution in [-0.4, -0.2) is 70.5 Å². The van der Waals surface area contributed by atoms with Gasteiger partial charge in [0, 0.05) is 25.2 Å². The molecule has 0 fully saturated rings. The van der Waals surface area contributed by atoms with Crippen LogP contribution in [0.5, 0.6) is 40.2 Å². The maximum Gasteiger partial charge on any atom is 0.169 e. The quantitative estimate of drug-likeness (QED) is 0.208. The molecule has 0 aromatic heterocycles. The van der Waals surface area contributed by atoms with Crippen molar-refractivity contribution in [2.45, 2.75) is 37.8 Å². The summed E-state index contributed by atoms with van der Waals surface area (Å²) < 4.78 is 28.7. The van der Waals surface area contributed by atoms with Gasteiger partial charge in [-0.2, -0.15) is 0 Å². The van der Waals surface area contributed by atoms with Crippen LogP contribution in [0.1, 0.15) is 45.5 Å². The lowest BCUT2D eigenvalue weighted by molar-refractivity contribution is 0.227. The molecule has 0 spiro atoms. The topological polar surface area (TPSA) is 72.9 Å². The fraction of sp³-hybridized carbons (Fsp3) is 0.368. The SMILES string of the molecule is COc1cc2c(cc1O)[C@@H](Cc1ccc(Oc3cc(C[C@@H]4c5cc(OC)c(OC)cc5CCN4C)ccc3OC)cc1)N(C)CC2. The molecule has 1 N–H and O–H groups in total. The van der Waals surface area contributed by atoms with E-state index in [9.17, 15) is 5.11 Å². The Kier molecular flexibility index (Phi) is 9.29. The number of nitrogens with zero attached hydrogens (tertiary/aromatic N) is 2. The lowest BCUT2D eigenvalue weighted by Crippen LogP contribution is -2.33. The number of hydrogen-bond donors (Lipinski definition) is 1. The van der Waals surface area contributed by atoms with Gasteiger partial charge in [0.15, 0.2) is 34.5 Å². The van der Waals surface area contributed by atoms with E-state index in [1.54, 1.807) is 28.4 Å². The first kappa shape index (κ1) is 31.6. The Hall–Kier alpha value is -4.40. The second-order valence-electron chi connectivity index (χ2n) is 12.3. The number of ether oxygens (including phenoxy) is 5. The molecule has 4 aromatic carbocycles. The van der Waals surface area contributed by atoms with Crippen molar-refractivity contribution in [3.8, 4) is 40.2 Å². The van der Waals surface area contributed by atoms with E-state index >= 15 is 0 Å². The van der Waals surface area contributed by atoms with Crippen LogP contribution in [0, 0.1) is 0 Å². The van der Waals surface area contributed by atoms with Gasteiger partial charge < -0.3 is 28.8 Å². The maximum absolute atomic E-state index is 10.5. The molecular formula is C38H44N2O6. The summed E-state index contributed by atoms with van der Waals surface area (Å²) in [6.07, 6.45) is 3.53. The summed E-state index contributed by atoms with van der Waals surface area (Å²) in [6.45, 7) is 1.92. The molecule has 8 heteroatoms. The van der Waals surface area contributed by atoms with Gasteiger partial charge in [0.05, 0.1) is 28.4 Å². The van der Waals surface area contributed by atoms with Crippen molar-refractivity contribution in [3.63, 3.8) is 0 Å². The normalized spacial score (nSPS) is 18.0. The lowest BCUT2D eigenvalue weighted by Gasteiger charge is -2.35. The van der Waals surface area contributed by atoms with E-state index in [2.05, 4.69) is 60.3 Å². The third kappa shape index (κ3) is 6.32. The molecular weight excluding hydrogens is 580 g/mol. The Balaban J connectivity index is 1.20. The summed E-state index contributed by atoms with van der Waals surface area (Å²) in [5.74, 6) is 4.35. The molecule has 2 aliphatic rings.